The Kier molecular flexibility index (Phi) is 5.39. The highest BCUT2D eigenvalue weighted by molar-refractivity contribution is 5.73. The SMILES string of the molecule is CCCCOC(=O)Cc1ccccc1C(C)(C)C. The molecule has 100 valence electrons. The molecule has 0 N–H and O–H groups in total. The van der Waals surface area contributed by atoms with E-state index in [0.717, 1.165) is 18.4 Å². The van der Waals surface area contributed by atoms with E-state index in [4.69, 9.17) is 4.74 Å². The van der Waals surface area contributed by atoms with Gasteiger partial charge >= 0.3 is 5.97 Å². The zero-order chi connectivity index (χ0) is 13.6. The third kappa shape index (κ3) is 4.52. The first-order valence-electron chi connectivity index (χ1n) is 6.69. The normalized spacial score (nSPS) is 11.3. The number of carbonyl (C=O) groups is 1. The summed E-state index contributed by atoms with van der Waals surface area (Å²) in [4.78, 5) is 11.7. The summed E-state index contributed by atoms with van der Waals surface area (Å²) in [7, 11) is 0. The van der Waals surface area contributed by atoms with Crippen LogP contribution in [0.5, 0.6) is 0 Å². The second kappa shape index (κ2) is 6.58. The van der Waals surface area contributed by atoms with Gasteiger partial charge in [0, 0.05) is 0 Å². The van der Waals surface area contributed by atoms with Crippen LogP contribution in [-0.4, -0.2) is 12.6 Å². The molecular weight excluding hydrogens is 224 g/mol. The number of ether oxygens (including phenoxy) is 1. The molecule has 0 unspecified atom stereocenters. The summed E-state index contributed by atoms with van der Waals surface area (Å²) in [5.74, 6) is -0.125. The molecule has 0 atom stereocenters. The van der Waals surface area contributed by atoms with Gasteiger partial charge in [0.25, 0.3) is 0 Å². The van der Waals surface area contributed by atoms with Crippen LogP contribution in [0.2, 0.25) is 0 Å². The van der Waals surface area contributed by atoms with Crippen molar-refractivity contribution in [3.63, 3.8) is 0 Å². The smallest absolute Gasteiger partial charge is 0.310 e. The summed E-state index contributed by atoms with van der Waals surface area (Å²) in [6.45, 7) is 9.10. The van der Waals surface area contributed by atoms with Gasteiger partial charge in [-0.3, -0.25) is 4.79 Å². The molecule has 0 aromatic heterocycles. The number of hydrogen-bond acceptors (Lipinski definition) is 2. The predicted octanol–water partition coefficient (Wildman–Crippen LogP) is 3.87. The average molecular weight is 248 g/mol. The van der Waals surface area contributed by atoms with Crippen LogP contribution in [0.25, 0.3) is 0 Å². The summed E-state index contributed by atoms with van der Waals surface area (Å²) in [5.41, 5.74) is 2.35. The minimum absolute atomic E-state index is 0.0558. The molecule has 0 aliphatic heterocycles. The van der Waals surface area contributed by atoms with E-state index in [9.17, 15) is 4.79 Å². The van der Waals surface area contributed by atoms with Crippen molar-refractivity contribution in [2.45, 2.75) is 52.4 Å². The molecule has 0 heterocycles. The van der Waals surface area contributed by atoms with Crippen LogP contribution in [0.1, 0.15) is 51.7 Å². The van der Waals surface area contributed by atoms with Crippen LogP contribution in [0.15, 0.2) is 24.3 Å². The van der Waals surface area contributed by atoms with Crippen molar-refractivity contribution in [2.24, 2.45) is 0 Å². The zero-order valence-electron chi connectivity index (χ0n) is 12.0. The number of esters is 1. The van der Waals surface area contributed by atoms with Crippen LogP contribution in [0, 0.1) is 0 Å². The average Bonchev–Trinajstić information content (AvgIpc) is 2.28. The van der Waals surface area contributed by atoms with Gasteiger partial charge in [0.1, 0.15) is 0 Å². The van der Waals surface area contributed by atoms with Gasteiger partial charge in [0.2, 0.25) is 0 Å². The molecule has 1 aromatic carbocycles. The first kappa shape index (κ1) is 14.7. The van der Waals surface area contributed by atoms with E-state index in [2.05, 4.69) is 33.8 Å². The molecule has 2 nitrogen and oxygen atoms in total. The molecule has 1 rings (SSSR count). The monoisotopic (exact) mass is 248 g/mol. The molecule has 0 fully saturated rings. The first-order chi connectivity index (χ1) is 8.45. The Balaban J connectivity index is 2.70. The highest BCUT2D eigenvalue weighted by Gasteiger charge is 2.18. The van der Waals surface area contributed by atoms with E-state index < -0.39 is 0 Å². The quantitative estimate of drug-likeness (QED) is 0.584. The molecule has 0 saturated heterocycles. The number of rotatable bonds is 5. The maximum absolute atomic E-state index is 11.7. The Labute approximate surface area is 110 Å². The standard InChI is InChI=1S/C16H24O2/c1-5-6-11-18-15(17)12-13-9-7-8-10-14(13)16(2,3)4/h7-10H,5-6,11-12H2,1-4H3. The summed E-state index contributed by atoms with van der Waals surface area (Å²) in [6, 6.07) is 8.10. The van der Waals surface area contributed by atoms with E-state index in [-0.39, 0.29) is 11.4 Å². The summed E-state index contributed by atoms with van der Waals surface area (Å²) in [5, 5.41) is 0. The lowest BCUT2D eigenvalue weighted by molar-refractivity contribution is -0.142. The lowest BCUT2D eigenvalue weighted by Crippen LogP contribution is -2.17. The summed E-state index contributed by atoms with van der Waals surface area (Å²) < 4.78 is 5.22. The van der Waals surface area contributed by atoms with Crippen LogP contribution >= 0.6 is 0 Å². The van der Waals surface area contributed by atoms with Crippen molar-refractivity contribution >= 4 is 5.97 Å². The Morgan fingerprint density at radius 2 is 1.89 bits per heavy atom. The molecular formula is C16H24O2. The molecule has 1 aromatic rings. The largest absolute Gasteiger partial charge is 0.465 e. The molecule has 0 bridgehead atoms. The number of unbranched alkanes of at least 4 members (excludes halogenated alkanes) is 1. The van der Waals surface area contributed by atoms with Gasteiger partial charge in [0.15, 0.2) is 0 Å². The fourth-order valence-electron chi connectivity index (χ4n) is 1.94. The van der Waals surface area contributed by atoms with Crippen LogP contribution in [0.3, 0.4) is 0 Å². The predicted molar refractivity (Wildman–Crippen MR) is 74.7 cm³/mol. The van der Waals surface area contributed by atoms with Crippen molar-refractivity contribution in [3.05, 3.63) is 35.4 Å². The van der Waals surface area contributed by atoms with Gasteiger partial charge in [-0.1, -0.05) is 58.4 Å². The third-order valence-electron chi connectivity index (χ3n) is 2.92. The minimum Gasteiger partial charge on any atom is -0.465 e. The van der Waals surface area contributed by atoms with Gasteiger partial charge in [-0.05, 0) is 23.0 Å². The molecule has 0 aliphatic carbocycles. The number of hydrogen-bond donors (Lipinski definition) is 0. The van der Waals surface area contributed by atoms with E-state index in [0.29, 0.717) is 13.0 Å². The van der Waals surface area contributed by atoms with Crippen molar-refractivity contribution in [3.8, 4) is 0 Å². The van der Waals surface area contributed by atoms with Crippen LogP contribution in [0.4, 0.5) is 0 Å². The Morgan fingerprint density at radius 3 is 2.50 bits per heavy atom. The zero-order valence-corrected chi connectivity index (χ0v) is 12.0. The van der Waals surface area contributed by atoms with Gasteiger partial charge in [-0.2, -0.15) is 0 Å². The fraction of sp³-hybridized carbons (Fsp3) is 0.562. The van der Waals surface area contributed by atoms with E-state index in [1.807, 2.05) is 18.2 Å². The topological polar surface area (TPSA) is 26.3 Å². The van der Waals surface area contributed by atoms with Crippen molar-refractivity contribution in [1.82, 2.24) is 0 Å². The second-order valence-corrected chi connectivity index (χ2v) is 5.66. The lowest BCUT2D eigenvalue weighted by Gasteiger charge is -2.22. The van der Waals surface area contributed by atoms with Gasteiger partial charge in [-0.15, -0.1) is 0 Å². The molecule has 0 spiro atoms. The molecule has 0 amide bonds. The maximum Gasteiger partial charge on any atom is 0.310 e. The summed E-state index contributed by atoms with van der Waals surface area (Å²) in [6.07, 6.45) is 2.36. The Morgan fingerprint density at radius 1 is 1.22 bits per heavy atom. The van der Waals surface area contributed by atoms with Gasteiger partial charge in [-0.25, -0.2) is 0 Å². The van der Waals surface area contributed by atoms with E-state index in [1.54, 1.807) is 0 Å². The Bertz CT molecular complexity index is 388. The van der Waals surface area contributed by atoms with Gasteiger partial charge in [0.05, 0.1) is 13.0 Å². The summed E-state index contributed by atoms with van der Waals surface area (Å²) >= 11 is 0. The minimum atomic E-state index is -0.125. The van der Waals surface area contributed by atoms with E-state index in [1.165, 1.54) is 5.56 Å². The lowest BCUT2D eigenvalue weighted by atomic mass is 9.83. The molecule has 18 heavy (non-hydrogen) atoms. The fourth-order valence-corrected chi connectivity index (χ4v) is 1.94. The number of carbonyl (C=O) groups excluding carboxylic acids is 1. The maximum atomic E-state index is 11.7. The first-order valence-corrected chi connectivity index (χ1v) is 6.69. The molecule has 0 saturated carbocycles. The second-order valence-electron chi connectivity index (χ2n) is 5.66. The Hall–Kier alpha value is -1.31. The van der Waals surface area contributed by atoms with E-state index >= 15 is 0 Å². The third-order valence-corrected chi connectivity index (χ3v) is 2.92. The van der Waals surface area contributed by atoms with Crippen molar-refractivity contribution < 1.29 is 9.53 Å². The van der Waals surface area contributed by atoms with Crippen molar-refractivity contribution in [2.75, 3.05) is 6.61 Å². The molecule has 0 radical (unpaired) electrons. The molecule has 0 aliphatic rings. The molecule has 2 heteroatoms. The highest BCUT2D eigenvalue weighted by Crippen LogP contribution is 2.26. The van der Waals surface area contributed by atoms with Crippen LogP contribution in [-0.2, 0) is 21.4 Å². The highest BCUT2D eigenvalue weighted by atomic mass is 16.5. The van der Waals surface area contributed by atoms with Gasteiger partial charge < -0.3 is 4.74 Å². The van der Waals surface area contributed by atoms with Crippen LogP contribution < -0.4 is 0 Å². The number of benzene rings is 1. The van der Waals surface area contributed by atoms with Crippen molar-refractivity contribution in [1.29, 1.82) is 0 Å².